The number of nitrogens with one attached hydrogen (secondary N) is 1. The Hall–Kier alpha value is -0.130. The number of rotatable bonds is 5. The van der Waals surface area contributed by atoms with Gasteiger partial charge in [-0.1, -0.05) is 19.3 Å². The molecule has 94 valence electrons. The van der Waals surface area contributed by atoms with Crippen LogP contribution in [0.5, 0.6) is 0 Å². The van der Waals surface area contributed by atoms with Gasteiger partial charge in [0.25, 0.3) is 0 Å². The molecular weight excluding hydrogens is 226 g/mol. The summed E-state index contributed by atoms with van der Waals surface area (Å²) in [5.41, 5.74) is -0.137. The quantitative estimate of drug-likeness (QED) is 0.762. The molecule has 0 radical (unpaired) electrons. The number of aliphatic hydroxyl groups is 1. The van der Waals surface area contributed by atoms with Crippen molar-refractivity contribution in [2.45, 2.75) is 50.2 Å². The van der Waals surface area contributed by atoms with Crippen molar-refractivity contribution in [2.75, 3.05) is 13.2 Å². The topological polar surface area (TPSA) is 66.4 Å². The first kappa shape index (κ1) is 12.3. The smallest absolute Gasteiger partial charge is 0.214 e. The van der Waals surface area contributed by atoms with Crippen molar-refractivity contribution in [2.24, 2.45) is 5.41 Å². The van der Waals surface area contributed by atoms with Crippen molar-refractivity contribution in [1.82, 2.24) is 4.72 Å². The first-order chi connectivity index (χ1) is 7.58. The molecule has 2 fully saturated rings. The van der Waals surface area contributed by atoms with Crippen LogP contribution < -0.4 is 4.72 Å². The van der Waals surface area contributed by atoms with Crippen LogP contribution in [0.3, 0.4) is 0 Å². The van der Waals surface area contributed by atoms with E-state index in [-0.39, 0.29) is 17.3 Å². The molecule has 2 saturated carbocycles. The van der Waals surface area contributed by atoms with Gasteiger partial charge in [0.05, 0.1) is 5.25 Å². The molecule has 0 saturated heterocycles. The van der Waals surface area contributed by atoms with E-state index in [0.717, 1.165) is 44.9 Å². The van der Waals surface area contributed by atoms with E-state index < -0.39 is 10.0 Å². The van der Waals surface area contributed by atoms with Gasteiger partial charge in [0.2, 0.25) is 10.0 Å². The fourth-order valence-electron chi connectivity index (χ4n) is 2.31. The van der Waals surface area contributed by atoms with Crippen molar-refractivity contribution >= 4 is 10.0 Å². The van der Waals surface area contributed by atoms with Crippen LogP contribution in [0.1, 0.15) is 44.9 Å². The van der Waals surface area contributed by atoms with Gasteiger partial charge in [-0.2, -0.15) is 0 Å². The lowest BCUT2D eigenvalue weighted by Gasteiger charge is -2.23. The summed E-state index contributed by atoms with van der Waals surface area (Å²) in [4.78, 5) is 0. The Morgan fingerprint density at radius 2 is 1.81 bits per heavy atom. The fourth-order valence-corrected chi connectivity index (χ4v) is 4.01. The summed E-state index contributed by atoms with van der Waals surface area (Å²) in [7, 11) is -3.15. The molecule has 2 aliphatic rings. The molecule has 0 unspecified atom stereocenters. The van der Waals surface area contributed by atoms with Crippen molar-refractivity contribution in [3.63, 3.8) is 0 Å². The van der Waals surface area contributed by atoms with Crippen LogP contribution in [-0.4, -0.2) is 31.9 Å². The molecule has 2 rings (SSSR count). The average molecular weight is 247 g/mol. The van der Waals surface area contributed by atoms with Crippen molar-refractivity contribution in [1.29, 1.82) is 0 Å². The lowest BCUT2D eigenvalue weighted by atomic mass is 10.0. The molecule has 0 aromatic heterocycles. The van der Waals surface area contributed by atoms with E-state index >= 15 is 0 Å². The van der Waals surface area contributed by atoms with Gasteiger partial charge in [-0.3, -0.25) is 0 Å². The second-order valence-electron chi connectivity index (χ2n) is 5.28. The lowest BCUT2D eigenvalue weighted by Crippen LogP contribution is -2.39. The van der Waals surface area contributed by atoms with Crippen LogP contribution in [0.25, 0.3) is 0 Å². The fraction of sp³-hybridized carbons (Fsp3) is 1.00. The zero-order valence-corrected chi connectivity index (χ0v) is 10.4. The summed E-state index contributed by atoms with van der Waals surface area (Å²) in [5, 5.41) is 8.93. The van der Waals surface area contributed by atoms with Crippen LogP contribution in [-0.2, 0) is 10.0 Å². The van der Waals surface area contributed by atoms with E-state index in [0.29, 0.717) is 6.54 Å². The summed E-state index contributed by atoms with van der Waals surface area (Å²) in [6.07, 6.45) is 6.68. The Bertz CT molecular complexity index is 329. The maximum Gasteiger partial charge on any atom is 0.214 e. The molecule has 0 bridgehead atoms. The van der Waals surface area contributed by atoms with Crippen molar-refractivity contribution < 1.29 is 13.5 Å². The molecule has 0 aromatic carbocycles. The molecule has 2 N–H and O–H groups in total. The van der Waals surface area contributed by atoms with E-state index in [1.54, 1.807) is 0 Å². The van der Waals surface area contributed by atoms with Gasteiger partial charge in [-0.15, -0.1) is 0 Å². The van der Waals surface area contributed by atoms with Gasteiger partial charge in [-0.25, -0.2) is 13.1 Å². The van der Waals surface area contributed by atoms with Crippen molar-refractivity contribution in [3.8, 4) is 0 Å². The Balaban J connectivity index is 1.87. The highest BCUT2D eigenvalue weighted by molar-refractivity contribution is 7.90. The maximum atomic E-state index is 12.0. The highest BCUT2D eigenvalue weighted by Gasteiger charge is 2.43. The normalized spacial score (nSPS) is 25.6. The molecular formula is C11H21NO3S. The van der Waals surface area contributed by atoms with Crippen LogP contribution in [0, 0.1) is 5.41 Å². The van der Waals surface area contributed by atoms with E-state index in [4.69, 9.17) is 5.11 Å². The minimum Gasteiger partial charge on any atom is -0.396 e. The minimum absolute atomic E-state index is 0.0974. The maximum absolute atomic E-state index is 12.0. The number of sulfonamides is 1. The van der Waals surface area contributed by atoms with E-state index in [1.807, 2.05) is 0 Å². The zero-order valence-electron chi connectivity index (χ0n) is 9.61. The Kier molecular flexibility index (Phi) is 3.56. The van der Waals surface area contributed by atoms with Crippen LogP contribution >= 0.6 is 0 Å². The first-order valence-electron chi connectivity index (χ1n) is 6.17. The predicted molar refractivity (Wildman–Crippen MR) is 62.5 cm³/mol. The van der Waals surface area contributed by atoms with Gasteiger partial charge in [-0.05, 0) is 25.7 Å². The Morgan fingerprint density at radius 3 is 2.31 bits per heavy atom. The third kappa shape index (κ3) is 2.76. The van der Waals surface area contributed by atoms with Gasteiger partial charge in [0.15, 0.2) is 0 Å². The second-order valence-corrected chi connectivity index (χ2v) is 7.33. The highest BCUT2D eigenvalue weighted by Crippen LogP contribution is 2.44. The molecule has 2 aliphatic carbocycles. The standard InChI is InChI=1S/C11H21NO3S/c13-9-11(6-7-11)8-12-16(14,15)10-4-2-1-3-5-10/h10,12-13H,1-9H2. The number of hydrogen-bond acceptors (Lipinski definition) is 3. The molecule has 0 aliphatic heterocycles. The monoisotopic (exact) mass is 247 g/mol. The summed E-state index contributed by atoms with van der Waals surface area (Å²) < 4.78 is 26.7. The van der Waals surface area contributed by atoms with Gasteiger partial charge < -0.3 is 5.11 Å². The molecule has 0 aromatic rings. The number of aliphatic hydroxyl groups excluding tert-OH is 1. The molecule has 4 nitrogen and oxygen atoms in total. The van der Waals surface area contributed by atoms with Crippen LogP contribution in [0.15, 0.2) is 0 Å². The van der Waals surface area contributed by atoms with Gasteiger partial charge in [0, 0.05) is 18.6 Å². The van der Waals surface area contributed by atoms with E-state index in [1.165, 1.54) is 0 Å². The van der Waals surface area contributed by atoms with E-state index in [9.17, 15) is 8.42 Å². The molecule has 0 amide bonds. The van der Waals surface area contributed by atoms with E-state index in [2.05, 4.69) is 4.72 Å². The third-order valence-corrected chi connectivity index (χ3v) is 5.83. The number of hydrogen-bond donors (Lipinski definition) is 2. The zero-order chi connectivity index (χ0) is 11.6. The van der Waals surface area contributed by atoms with Gasteiger partial charge >= 0.3 is 0 Å². The molecule has 0 spiro atoms. The second kappa shape index (κ2) is 4.63. The lowest BCUT2D eigenvalue weighted by molar-refractivity contribution is 0.213. The van der Waals surface area contributed by atoms with Crippen molar-refractivity contribution in [3.05, 3.63) is 0 Å². The highest BCUT2D eigenvalue weighted by atomic mass is 32.2. The van der Waals surface area contributed by atoms with Crippen LogP contribution in [0.2, 0.25) is 0 Å². The largest absolute Gasteiger partial charge is 0.396 e. The summed E-state index contributed by atoms with van der Waals surface area (Å²) in [6, 6.07) is 0. The molecule has 16 heavy (non-hydrogen) atoms. The summed E-state index contributed by atoms with van der Waals surface area (Å²) in [5.74, 6) is 0. The first-order valence-corrected chi connectivity index (χ1v) is 7.72. The average Bonchev–Trinajstić information content (AvgIpc) is 3.09. The summed E-state index contributed by atoms with van der Waals surface area (Å²) >= 11 is 0. The van der Waals surface area contributed by atoms with Gasteiger partial charge in [0.1, 0.15) is 0 Å². The summed E-state index contributed by atoms with van der Waals surface area (Å²) in [6.45, 7) is 0.516. The molecule has 0 heterocycles. The Morgan fingerprint density at radius 1 is 1.19 bits per heavy atom. The predicted octanol–water partition coefficient (Wildman–Crippen LogP) is 1.01. The minimum atomic E-state index is -3.15. The molecule has 0 atom stereocenters. The molecule has 5 heteroatoms. The third-order valence-electron chi connectivity index (χ3n) is 3.93. The SMILES string of the molecule is O=S(=O)(NCC1(CO)CC1)C1CCCCC1. The van der Waals surface area contributed by atoms with Crippen LogP contribution in [0.4, 0.5) is 0 Å². The Labute approximate surface area is 97.5 Å².